The first kappa shape index (κ1) is 11.9. The molecule has 3 rings (SSSR count). The van der Waals surface area contributed by atoms with Gasteiger partial charge in [-0.05, 0) is 30.3 Å². The standard InChI is InChI=1S/C13H8ClF2N3/c14-9-3-2-8(6-10(9)16)19-12-4-1-7(15)5-11(12)18-13(19)17/h1-6H,(H2,17,18). The van der Waals surface area contributed by atoms with Gasteiger partial charge in [0.05, 0.1) is 21.7 Å². The third-order valence-corrected chi connectivity index (χ3v) is 3.11. The number of nitrogen functional groups attached to an aromatic ring is 1. The second kappa shape index (κ2) is 4.20. The van der Waals surface area contributed by atoms with Crippen molar-refractivity contribution in [1.29, 1.82) is 0 Å². The van der Waals surface area contributed by atoms with Crippen molar-refractivity contribution >= 4 is 28.6 Å². The van der Waals surface area contributed by atoms with Crippen LogP contribution >= 0.6 is 11.6 Å². The Morgan fingerprint density at radius 3 is 2.63 bits per heavy atom. The molecule has 0 aliphatic carbocycles. The number of hydrogen-bond donors (Lipinski definition) is 1. The SMILES string of the molecule is Nc1nc2cc(F)ccc2n1-c1ccc(Cl)c(F)c1. The summed E-state index contributed by atoms with van der Waals surface area (Å²) in [6.07, 6.45) is 0. The molecule has 6 heteroatoms. The highest BCUT2D eigenvalue weighted by Crippen LogP contribution is 2.26. The number of hydrogen-bond acceptors (Lipinski definition) is 2. The van der Waals surface area contributed by atoms with Crippen LogP contribution in [0.1, 0.15) is 0 Å². The van der Waals surface area contributed by atoms with Crippen LogP contribution in [0.3, 0.4) is 0 Å². The van der Waals surface area contributed by atoms with E-state index in [2.05, 4.69) is 4.98 Å². The molecule has 0 aliphatic heterocycles. The summed E-state index contributed by atoms with van der Waals surface area (Å²) >= 11 is 5.64. The molecule has 0 amide bonds. The van der Waals surface area contributed by atoms with Crippen LogP contribution in [0.5, 0.6) is 0 Å². The second-order valence-electron chi connectivity index (χ2n) is 4.04. The van der Waals surface area contributed by atoms with Crippen molar-refractivity contribution in [3.8, 4) is 5.69 Å². The number of rotatable bonds is 1. The summed E-state index contributed by atoms with van der Waals surface area (Å²) in [6.45, 7) is 0. The molecule has 19 heavy (non-hydrogen) atoms. The molecular weight excluding hydrogens is 272 g/mol. The van der Waals surface area contributed by atoms with Gasteiger partial charge in [0, 0.05) is 6.07 Å². The Morgan fingerprint density at radius 2 is 1.89 bits per heavy atom. The van der Waals surface area contributed by atoms with Gasteiger partial charge in [0.25, 0.3) is 0 Å². The summed E-state index contributed by atoms with van der Waals surface area (Å²) in [5.74, 6) is -0.802. The number of benzene rings is 2. The van der Waals surface area contributed by atoms with Gasteiger partial charge in [-0.15, -0.1) is 0 Å². The van der Waals surface area contributed by atoms with Gasteiger partial charge in [-0.1, -0.05) is 11.6 Å². The van der Waals surface area contributed by atoms with Crippen LogP contribution in [0, 0.1) is 11.6 Å². The van der Waals surface area contributed by atoms with Crippen molar-refractivity contribution in [3.05, 3.63) is 53.1 Å². The van der Waals surface area contributed by atoms with E-state index in [0.29, 0.717) is 16.7 Å². The monoisotopic (exact) mass is 279 g/mol. The summed E-state index contributed by atoms with van der Waals surface area (Å²) in [5.41, 5.74) is 7.29. The number of anilines is 1. The van der Waals surface area contributed by atoms with E-state index >= 15 is 0 Å². The van der Waals surface area contributed by atoms with Crippen LogP contribution in [0.25, 0.3) is 16.7 Å². The second-order valence-corrected chi connectivity index (χ2v) is 4.44. The van der Waals surface area contributed by atoms with Gasteiger partial charge in [0.2, 0.25) is 5.95 Å². The molecule has 0 saturated carbocycles. The minimum Gasteiger partial charge on any atom is -0.369 e. The summed E-state index contributed by atoms with van der Waals surface area (Å²) in [6, 6.07) is 8.41. The molecular formula is C13H8ClF2N3. The van der Waals surface area contributed by atoms with E-state index in [9.17, 15) is 8.78 Å². The molecule has 96 valence electrons. The molecule has 0 atom stereocenters. The third kappa shape index (κ3) is 1.92. The van der Waals surface area contributed by atoms with E-state index in [4.69, 9.17) is 17.3 Å². The maximum atomic E-state index is 13.5. The lowest BCUT2D eigenvalue weighted by Crippen LogP contribution is -2.01. The first-order valence-corrected chi connectivity index (χ1v) is 5.83. The maximum absolute atomic E-state index is 13.5. The number of aromatic nitrogens is 2. The van der Waals surface area contributed by atoms with E-state index in [0.717, 1.165) is 0 Å². The Kier molecular flexibility index (Phi) is 2.64. The highest BCUT2D eigenvalue weighted by molar-refractivity contribution is 6.30. The molecule has 1 heterocycles. The zero-order chi connectivity index (χ0) is 13.6. The normalized spacial score (nSPS) is 11.1. The summed E-state index contributed by atoms with van der Waals surface area (Å²) in [7, 11) is 0. The van der Waals surface area contributed by atoms with Gasteiger partial charge in [0.1, 0.15) is 11.6 Å². The highest BCUT2D eigenvalue weighted by atomic mass is 35.5. The molecule has 2 aromatic carbocycles. The van der Waals surface area contributed by atoms with Crippen LogP contribution in [0.15, 0.2) is 36.4 Å². The molecule has 0 aliphatic rings. The molecule has 3 aromatic rings. The fourth-order valence-electron chi connectivity index (χ4n) is 1.97. The molecule has 1 aromatic heterocycles. The molecule has 2 N–H and O–H groups in total. The van der Waals surface area contributed by atoms with E-state index < -0.39 is 11.6 Å². The van der Waals surface area contributed by atoms with Gasteiger partial charge < -0.3 is 5.73 Å². The number of halogens is 3. The Balaban J connectivity index is 2.29. The number of nitrogens with zero attached hydrogens (tertiary/aromatic N) is 2. The van der Waals surface area contributed by atoms with E-state index in [1.54, 1.807) is 12.1 Å². The first-order valence-electron chi connectivity index (χ1n) is 5.45. The summed E-state index contributed by atoms with van der Waals surface area (Å²) in [5, 5.41) is 0.0257. The Hall–Kier alpha value is -2.14. The zero-order valence-electron chi connectivity index (χ0n) is 9.57. The minimum atomic E-state index is -0.553. The van der Waals surface area contributed by atoms with Gasteiger partial charge in [-0.3, -0.25) is 4.57 Å². The zero-order valence-corrected chi connectivity index (χ0v) is 10.3. The average Bonchev–Trinajstić information content (AvgIpc) is 2.68. The number of fused-ring (bicyclic) bond motifs is 1. The quantitative estimate of drug-likeness (QED) is 0.740. The lowest BCUT2D eigenvalue weighted by atomic mass is 10.2. The predicted molar refractivity (Wildman–Crippen MR) is 70.4 cm³/mol. The molecule has 3 nitrogen and oxygen atoms in total. The van der Waals surface area contributed by atoms with Gasteiger partial charge in [0.15, 0.2) is 0 Å². The van der Waals surface area contributed by atoms with Gasteiger partial charge >= 0.3 is 0 Å². The minimum absolute atomic E-state index is 0.0257. The Bertz CT molecular complexity index is 783. The molecule has 0 unspecified atom stereocenters. The van der Waals surface area contributed by atoms with Crippen molar-refractivity contribution in [3.63, 3.8) is 0 Å². The predicted octanol–water partition coefficient (Wildman–Crippen LogP) is 3.54. The maximum Gasteiger partial charge on any atom is 0.205 e. The van der Waals surface area contributed by atoms with E-state index in [1.165, 1.54) is 28.8 Å². The van der Waals surface area contributed by atoms with Crippen LogP contribution in [-0.4, -0.2) is 9.55 Å². The smallest absolute Gasteiger partial charge is 0.205 e. The largest absolute Gasteiger partial charge is 0.369 e. The fourth-order valence-corrected chi connectivity index (χ4v) is 2.09. The van der Waals surface area contributed by atoms with Crippen LogP contribution in [0.4, 0.5) is 14.7 Å². The van der Waals surface area contributed by atoms with Crippen molar-refractivity contribution in [1.82, 2.24) is 9.55 Å². The first-order chi connectivity index (χ1) is 9.06. The van der Waals surface area contributed by atoms with Gasteiger partial charge in [-0.2, -0.15) is 0 Å². The number of nitrogens with two attached hydrogens (primary N) is 1. The third-order valence-electron chi connectivity index (χ3n) is 2.80. The molecule has 0 saturated heterocycles. The summed E-state index contributed by atoms with van der Waals surface area (Å²) < 4.78 is 28.2. The van der Waals surface area contributed by atoms with Gasteiger partial charge in [-0.25, -0.2) is 13.8 Å². The average molecular weight is 280 g/mol. The van der Waals surface area contributed by atoms with E-state index in [1.807, 2.05) is 0 Å². The fraction of sp³-hybridized carbons (Fsp3) is 0. The lowest BCUT2D eigenvalue weighted by Gasteiger charge is -2.07. The van der Waals surface area contributed by atoms with Crippen molar-refractivity contribution < 1.29 is 8.78 Å². The molecule has 0 spiro atoms. The Labute approximate surface area is 112 Å². The van der Waals surface area contributed by atoms with Crippen LogP contribution < -0.4 is 5.73 Å². The summed E-state index contributed by atoms with van der Waals surface area (Å²) in [4.78, 5) is 4.05. The van der Waals surface area contributed by atoms with Crippen LogP contribution in [0.2, 0.25) is 5.02 Å². The van der Waals surface area contributed by atoms with Crippen molar-refractivity contribution in [2.45, 2.75) is 0 Å². The van der Waals surface area contributed by atoms with Crippen molar-refractivity contribution in [2.24, 2.45) is 0 Å². The van der Waals surface area contributed by atoms with Crippen LogP contribution in [-0.2, 0) is 0 Å². The molecule has 0 radical (unpaired) electrons. The molecule has 0 fully saturated rings. The molecule has 0 bridgehead atoms. The highest BCUT2D eigenvalue weighted by Gasteiger charge is 2.12. The van der Waals surface area contributed by atoms with Crippen molar-refractivity contribution in [2.75, 3.05) is 5.73 Å². The topological polar surface area (TPSA) is 43.8 Å². The number of imidazole rings is 1. The van der Waals surface area contributed by atoms with E-state index in [-0.39, 0.29) is 11.0 Å². The Morgan fingerprint density at radius 1 is 1.11 bits per heavy atom. The lowest BCUT2D eigenvalue weighted by molar-refractivity contribution is 0.627.